The molecular weight excluding hydrogens is 383 g/mol. The van der Waals surface area contributed by atoms with Crippen LogP contribution in [0.2, 0.25) is 10.0 Å². The van der Waals surface area contributed by atoms with E-state index in [4.69, 9.17) is 23.2 Å². The van der Waals surface area contributed by atoms with E-state index in [9.17, 15) is 13.2 Å². The predicted octanol–water partition coefficient (Wildman–Crippen LogP) is 3.30. The van der Waals surface area contributed by atoms with Crippen LogP contribution in [0.5, 0.6) is 0 Å². The number of amides is 1. The minimum absolute atomic E-state index is 0.0464. The Balaban J connectivity index is 1.80. The van der Waals surface area contributed by atoms with Crippen molar-refractivity contribution in [2.75, 3.05) is 19.6 Å². The zero-order valence-electron chi connectivity index (χ0n) is 14.0. The molecule has 25 heavy (non-hydrogen) atoms. The minimum Gasteiger partial charge on any atom is -0.341 e. The van der Waals surface area contributed by atoms with E-state index in [1.165, 1.54) is 4.31 Å². The van der Waals surface area contributed by atoms with Crippen LogP contribution in [0.1, 0.15) is 37.7 Å². The van der Waals surface area contributed by atoms with Crippen molar-refractivity contribution in [1.29, 1.82) is 0 Å². The maximum absolute atomic E-state index is 13.0. The number of hydrogen-bond acceptors (Lipinski definition) is 3. The molecule has 0 saturated carbocycles. The highest BCUT2D eigenvalue weighted by Gasteiger charge is 2.39. The normalized spacial score (nSPS) is 22.3. The van der Waals surface area contributed by atoms with Crippen LogP contribution in [0.3, 0.4) is 0 Å². The number of hydrogen-bond donors (Lipinski definition) is 0. The molecule has 2 aliphatic rings. The second-order valence-electron chi connectivity index (χ2n) is 6.66. The monoisotopic (exact) mass is 404 g/mol. The van der Waals surface area contributed by atoms with Gasteiger partial charge in [0.1, 0.15) is 6.04 Å². The first kappa shape index (κ1) is 19.0. The van der Waals surface area contributed by atoms with Crippen molar-refractivity contribution < 1.29 is 13.2 Å². The van der Waals surface area contributed by atoms with Gasteiger partial charge in [-0.3, -0.25) is 4.79 Å². The maximum atomic E-state index is 13.0. The van der Waals surface area contributed by atoms with E-state index in [0.29, 0.717) is 28.6 Å². The summed E-state index contributed by atoms with van der Waals surface area (Å²) in [6.07, 6.45) is 4.24. The average molecular weight is 405 g/mol. The quantitative estimate of drug-likeness (QED) is 0.773. The van der Waals surface area contributed by atoms with Crippen LogP contribution in [0.4, 0.5) is 0 Å². The Hall–Kier alpha value is -0.820. The molecule has 2 fully saturated rings. The second kappa shape index (κ2) is 7.82. The summed E-state index contributed by atoms with van der Waals surface area (Å²) in [6.45, 7) is 1.86. The fourth-order valence-electron chi connectivity index (χ4n) is 3.56. The van der Waals surface area contributed by atoms with Crippen molar-refractivity contribution in [1.82, 2.24) is 9.21 Å². The number of benzene rings is 1. The lowest BCUT2D eigenvalue weighted by atomic mass is 10.0. The van der Waals surface area contributed by atoms with Gasteiger partial charge in [0.15, 0.2) is 0 Å². The fraction of sp³-hybridized carbons (Fsp3) is 0.588. The van der Waals surface area contributed by atoms with Crippen molar-refractivity contribution >= 4 is 39.1 Å². The van der Waals surface area contributed by atoms with Crippen LogP contribution in [0.15, 0.2) is 18.2 Å². The molecule has 1 amide bonds. The summed E-state index contributed by atoms with van der Waals surface area (Å²) in [5, 5.41) is 0.723. The molecule has 1 unspecified atom stereocenters. The van der Waals surface area contributed by atoms with Crippen molar-refractivity contribution in [2.45, 2.75) is 43.9 Å². The standard InChI is InChI=1S/C17H22Cl2N2O3S/c18-14-7-6-13(11-15(14)19)12-25(23,24)21-10-2-1-5-16(21)17(22)20-8-3-4-9-20/h6-7,11,16H,1-5,8-10,12H2. The van der Waals surface area contributed by atoms with Gasteiger partial charge >= 0.3 is 0 Å². The first-order valence-corrected chi connectivity index (χ1v) is 11.0. The lowest BCUT2D eigenvalue weighted by molar-refractivity contribution is -0.135. The number of nitrogens with zero attached hydrogens (tertiary/aromatic N) is 2. The van der Waals surface area contributed by atoms with E-state index < -0.39 is 16.1 Å². The lowest BCUT2D eigenvalue weighted by Gasteiger charge is -2.35. The van der Waals surface area contributed by atoms with E-state index in [1.54, 1.807) is 23.1 Å². The smallest absolute Gasteiger partial charge is 0.241 e. The van der Waals surface area contributed by atoms with Gasteiger partial charge in [0.05, 0.1) is 15.8 Å². The van der Waals surface area contributed by atoms with Gasteiger partial charge in [-0.25, -0.2) is 8.42 Å². The molecule has 8 heteroatoms. The molecule has 5 nitrogen and oxygen atoms in total. The number of rotatable bonds is 4. The molecule has 1 aromatic rings. The van der Waals surface area contributed by atoms with Gasteiger partial charge in [-0.05, 0) is 43.4 Å². The lowest BCUT2D eigenvalue weighted by Crippen LogP contribution is -2.52. The SMILES string of the molecule is O=C(C1CCCCN1S(=O)(=O)Cc1ccc(Cl)c(Cl)c1)N1CCCC1. The fourth-order valence-corrected chi connectivity index (χ4v) is 5.63. The summed E-state index contributed by atoms with van der Waals surface area (Å²) < 4.78 is 27.3. The van der Waals surface area contributed by atoms with Crippen molar-refractivity contribution in [3.63, 3.8) is 0 Å². The molecule has 0 bridgehead atoms. The molecule has 0 aliphatic carbocycles. The van der Waals surface area contributed by atoms with Gasteiger partial charge in [-0.1, -0.05) is 35.7 Å². The minimum atomic E-state index is -3.61. The molecule has 1 aromatic carbocycles. The summed E-state index contributed by atoms with van der Waals surface area (Å²) >= 11 is 11.9. The van der Waals surface area contributed by atoms with Crippen molar-refractivity contribution in [3.05, 3.63) is 33.8 Å². The number of carbonyl (C=O) groups excluding carboxylic acids is 1. The third kappa shape index (κ3) is 4.30. The number of piperidine rings is 1. The van der Waals surface area contributed by atoms with E-state index in [0.717, 1.165) is 38.8 Å². The molecule has 0 radical (unpaired) electrons. The molecule has 2 saturated heterocycles. The number of sulfonamides is 1. The molecule has 2 heterocycles. The van der Waals surface area contributed by atoms with Gasteiger partial charge in [-0.15, -0.1) is 0 Å². The van der Waals surface area contributed by atoms with E-state index >= 15 is 0 Å². The van der Waals surface area contributed by atoms with Crippen LogP contribution in [-0.4, -0.2) is 49.2 Å². The van der Waals surface area contributed by atoms with E-state index in [-0.39, 0.29) is 11.7 Å². The maximum Gasteiger partial charge on any atom is 0.241 e. The van der Waals surface area contributed by atoms with Crippen LogP contribution in [0, 0.1) is 0 Å². The van der Waals surface area contributed by atoms with Crippen LogP contribution in [-0.2, 0) is 20.6 Å². The molecule has 1 atom stereocenters. The average Bonchev–Trinajstić information content (AvgIpc) is 3.12. The Morgan fingerprint density at radius 1 is 1.04 bits per heavy atom. The van der Waals surface area contributed by atoms with Gasteiger partial charge in [0.2, 0.25) is 15.9 Å². The largest absolute Gasteiger partial charge is 0.341 e. The first-order valence-electron chi connectivity index (χ1n) is 8.61. The van der Waals surface area contributed by atoms with Crippen LogP contribution in [0.25, 0.3) is 0 Å². The Morgan fingerprint density at radius 3 is 2.40 bits per heavy atom. The third-order valence-electron chi connectivity index (χ3n) is 4.85. The summed E-state index contributed by atoms with van der Waals surface area (Å²) in [4.78, 5) is 14.6. The van der Waals surface area contributed by atoms with Crippen LogP contribution >= 0.6 is 23.2 Å². The van der Waals surface area contributed by atoms with E-state index in [1.807, 2.05) is 0 Å². The summed E-state index contributed by atoms with van der Waals surface area (Å²) in [5.41, 5.74) is 0.576. The molecule has 138 valence electrons. The van der Waals surface area contributed by atoms with Crippen molar-refractivity contribution in [3.8, 4) is 0 Å². The molecule has 0 spiro atoms. The van der Waals surface area contributed by atoms with Gasteiger partial charge in [0, 0.05) is 19.6 Å². The molecule has 3 rings (SSSR count). The summed E-state index contributed by atoms with van der Waals surface area (Å²) in [6, 6.07) is 4.26. The Kier molecular flexibility index (Phi) is 5.93. The first-order chi connectivity index (χ1) is 11.9. The van der Waals surface area contributed by atoms with Gasteiger partial charge in [-0.2, -0.15) is 4.31 Å². The zero-order chi connectivity index (χ0) is 18.0. The Bertz CT molecular complexity index is 748. The third-order valence-corrected chi connectivity index (χ3v) is 7.44. The highest BCUT2D eigenvalue weighted by Crippen LogP contribution is 2.28. The predicted molar refractivity (Wildman–Crippen MR) is 99.2 cm³/mol. The molecule has 2 aliphatic heterocycles. The molecule has 0 aromatic heterocycles. The van der Waals surface area contributed by atoms with Gasteiger partial charge < -0.3 is 4.90 Å². The summed E-state index contributed by atoms with van der Waals surface area (Å²) in [7, 11) is -3.61. The highest BCUT2D eigenvalue weighted by atomic mass is 35.5. The Labute approximate surface area is 158 Å². The molecular formula is C17H22Cl2N2O3S. The van der Waals surface area contributed by atoms with Crippen molar-refractivity contribution in [2.24, 2.45) is 0 Å². The molecule has 0 N–H and O–H groups in total. The van der Waals surface area contributed by atoms with Crippen LogP contribution < -0.4 is 0 Å². The van der Waals surface area contributed by atoms with Gasteiger partial charge in [0.25, 0.3) is 0 Å². The topological polar surface area (TPSA) is 57.7 Å². The highest BCUT2D eigenvalue weighted by molar-refractivity contribution is 7.88. The number of halogens is 2. The second-order valence-corrected chi connectivity index (χ2v) is 9.40. The zero-order valence-corrected chi connectivity index (χ0v) is 16.3. The Morgan fingerprint density at radius 2 is 1.72 bits per heavy atom. The summed E-state index contributed by atoms with van der Waals surface area (Å²) in [5.74, 6) is -0.219. The number of carbonyl (C=O) groups is 1. The van der Waals surface area contributed by atoms with E-state index in [2.05, 4.69) is 0 Å². The number of likely N-dealkylation sites (tertiary alicyclic amines) is 1.